The summed E-state index contributed by atoms with van der Waals surface area (Å²) in [5.41, 5.74) is 4.18. The van der Waals surface area contributed by atoms with E-state index in [1.54, 1.807) is 18.3 Å². The third-order valence-corrected chi connectivity index (χ3v) is 6.93. The summed E-state index contributed by atoms with van der Waals surface area (Å²) in [5.74, 6) is 0. The van der Waals surface area contributed by atoms with Crippen LogP contribution in [-0.4, -0.2) is 42.5 Å². The van der Waals surface area contributed by atoms with Crippen LogP contribution >= 0.6 is 0 Å². The summed E-state index contributed by atoms with van der Waals surface area (Å²) in [4.78, 5) is 12.3. The monoisotopic (exact) mass is 433 g/mol. The van der Waals surface area contributed by atoms with Gasteiger partial charge in [0.05, 0.1) is 5.69 Å². The van der Waals surface area contributed by atoms with Crippen LogP contribution in [0.1, 0.15) is 12.8 Å². The molecule has 1 aliphatic heterocycles. The van der Waals surface area contributed by atoms with Gasteiger partial charge in [-0.15, -0.1) is 0 Å². The number of rotatable bonds is 5. The van der Waals surface area contributed by atoms with Gasteiger partial charge in [0, 0.05) is 28.9 Å². The molecule has 0 aliphatic carbocycles. The number of pyridine rings is 2. The van der Waals surface area contributed by atoms with Crippen molar-refractivity contribution in [3.8, 4) is 22.5 Å². The predicted molar refractivity (Wildman–Crippen MR) is 121 cm³/mol. The lowest BCUT2D eigenvalue weighted by Crippen LogP contribution is -2.42. The molecule has 0 spiro atoms. The summed E-state index contributed by atoms with van der Waals surface area (Å²) < 4.78 is 28.5. The molecule has 31 heavy (non-hydrogen) atoms. The number of nitrogens with zero attached hydrogens (tertiary/aromatic N) is 2. The number of sulfonamides is 1. The van der Waals surface area contributed by atoms with Crippen LogP contribution in [-0.2, 0) is 10.0 Å². The zero-order valence-electron chi connectivity index (χ0n) is 16.9. The van der Waals surface area contributed by atoms with E-state index in [2.05, 4.69) is 25.0 Å². The van der Waals surface area contributed by atoms with Crippen molar-refractivity contribution in [2.75, 3.05) is 13.1 Å². The van der Waals surface area contributed by atoms with Crippen LogP contribution in [0.2, 0.25) is 0 Å². The van der Waals surface area contributed by atoms with Gasteiger partial charge in [0.25, 0.3) is 10.0 Å². The van der Waals surface area contributed by atoms with E-state index >= 15 is 0 Å². The molecule has 7 nitrogen and oxygen atoms in total. The van der Waals surface area contributed by atoms with Gasteiger partial charge >= 0.3 is 0 Å². The highest BCUT2D eigenvalue weighted by atomic mass is 32.2. The van der Waals surface area contributed by atoms with Gasteiger partial charge in [-0.1, -0.05) is 36.4 Å². The number of hydrogen-bond donors (Lipinski definition) is 3. The highest BCUT2D eigenvalue weighted by Gasteiger charge is 2.23. The zero-order valence-corrected chi connectivity index (χ0v) is 17.7. The number of aromatic nitrogens is 3. The van der Waals surface area contributed by atoms with E-state index in [4.69, 9.17) is 0 Å². The van der Waals surface area contributed by atoms with Gasteiger partial charge in [0.15, 0.2) is 5.03 Å². The third kappa shape index (κ3) is 4.23. The van der Waals surface area contributed by atoms with Crippen molar-refractivity contribution < 1.29 is 8.42 Å². The molecule has 0 bridgehead atoms. The van der Waals surface area contributed by atoms with E-state index in [-0.39, 0.29) is 11.1 Å². The molecule has 1 saturated heterocycles. The fraction of sp³-hybridized carbons (Fsp3) is 0.217. The molecule has 1 aromatic carbocycles. The van der Waals surface area contributed by atoms with Gasteiger partial charge in [0.2, 0.25) is 0 Å². The molecule has 1 fully saturated rings. The van der Waals surface area contributed by atoms with Gasteiger partial charge in [-0.2, -0.15) is 0 Å². The number of benzene rings is 1. The van der Waals surface area contributed by atoms with Crippen molar-refractivity contribution in [2.45, 2.75) is 23.9 Å². The standard InChI is InChI=1S/C23H23N5O2S/c29-31(30,28-19-9-11-24-12-10-19)22-8-4-7-20(26-22)18-13-17-14-21(27-23(17)25-15-18)16-5-2-1-3-6-16/h1-8,13-15,19,24,28H,9-12H2,(H,25,27). The summed E-state index contributed by atoms with van der Waals surface area (Å²) in [6.07, 6.45) is 3.26. The molecule has 0 radical (unpaired) electrons. The van der Waals surface area contributed by atoms with Gasteiger partial charge in [-0.3, -0.25) is 0 Å². The highest BCUT2D eigenvalue weighted by Crippen LogP contribution is 2.27. The fourth-order valence-corrected chi connectivity index (χ4v) is 5.15. The first kappa shape index (κ1) is 19.9. The van der Waals surface area contributed by atoms with E-state index < -0.39 is 10.0 Å². The lowest BCUT2D eigenvalue weighted by atomic mass is 10.1. The number of nitrogens with one attached hydrogen (secondary N) is 3. The topological polar surface area (TPSA) is 99.8 Å². The Kier molecular flexibility index (Phi) is 5.27. The zero-order chi connectivity index (χ0) is 21.3. The van der Waals surface area contributed by atoms with Gasteiger partial charge in [-0.25, -0.2) is 23.1 Å². The van der Waals surface area contributed by atoms with E-state index in [9.17, 15) is 8.42 Å². The second-order valence-corrected chi connectivity index (χ2v) is 9.38. The van der Waals surface area contributed by atoms with Crippen LogP contribution in [0.15, 0.2) is 71.9 Å². The van der Waals surface area contributed by atoms with Crippen molar-refractivity contribution in [1.29, 1.82) is 0 Å². The first-order valence-electron chi connectivity index (χ1n) is 10.3. The van der Waals surface area contributed by atoms with Gasteiger partial charge in [-0.05, 0) is 55.8 Å². The molecule has 3 aromatic heterocycles. The maximum Gasteiger partial charge on any atom is 0.258 e. The van der Waals surface area contributed by atoms with Crippen molar-refractivity contribution >= 4 is 21.1 Å². The Morgan fingerprint density at radius 2 is 1.74 bits per heavy atom. The molecular weight excluding hydrogens is 410 g/mol. The van der Waals surface area contributed by atoms with Crippen molar-refractivity contribution in [3.63, 3.8) is 0 Å². The number of aromatic amines is 1. The van der Waals surface area contributed by atoms with Crippen LogP contribution in [0.3, 0.4) is 0 Å². The average molecular weight is 434 g/mol. The maximum atomic E-state index is 12.8. The molecule has 4 aromatic rings. The SMILES string of the molecule is O=S(=O)(NC1CCNCC1)c1cccc(-c2cnc3[nH]c(-c4ccccc4)cc3c2)n1. The van der Waals surface area contributed by atoms with Crippen LogP contribution in [0.25, 0.3) is 33.5 Å². The molecule has 4 heterocycles. The molecule has 0 unspecified atom stereocenters. The van der Waals surface area contributed by atoms with Crippen LogP contribution in [0, 0.1) is 0 Å². The summed E-state index contributed by atoms with van der Waals surface area (Å²) in [6.45, 7) is 1.63. The molecule has 5 rings (SSSR count). The number of H-pyrrole nitrogens is 1. The van der Waals surface area contributed by atoms with Crippen molar-refractivity contribution in [2.24, 2.45) is 0 Å². The summed E-state index contributed by atoms with van der Waals surface area (Å²) in [5, 5.41) is 4.21. The van der Waals surface area contributed by atoms with Gasteiger partial charge in [0.1, 0.15) is 5.65 Å². The van der Waals surface area contributed by atoms with E-state index in [0.717, 1.165) is 53.8 Å². The Morgan fingerprint density at radius 3 is 2.55 bits per heavy atom. The fourth-order valence-electron chi connectivity index (χ4n) is 3.87. The van der Waals surface area contributed by atoms with E-state index in [1.807, 2.05) is 42.5 Å². The number of piperidine rings is 1. The summed E-state index contributed by atoms with van der Waals surface area (Å²) in [7, 11) is -3.68. The van der Waals surface area contributed by atoms with Crippen LogP contribution < -0.4 is 10.0 Å². The molecule has 0 amide bonds. The Bertz CT molecular complexity index is 1310. The lowest BCUT2D eigenvalue weighted by molar-refractivity contribution is 0.426. The highest BCUT2D eigenvalue weighted by molar-refractivity contribution is 7.89. The van der Waals surface area contributed by atoms with Crippen molar-refractivity contribution in [1.82, 2.24) is 25.0 Å². The Morgan fingerprint density at radius 1 is 0.935 bits per heavy atom. The number of fused-ring (bicyclic) bond motifs is 1. The molecular formula is C23H23N5O2S. The molecule has 1 aliphatic rings. The second-order valence-electron chi connectivity index (χ2n) is 7.72. The molecule has 8 heteroatoms. The van der Waals surface area contributed by atoms with E-state index in [1.165, 1.54) is 6.07 Å². The van der Waals surface area contributed by atoms with E-state index in [0.29, 0.717) is 5.69 Å². The normalized spacial score (nSPS) is 15.4. The lowest BCUT2D eigenvalue weighted by Gasteiger charge is -2.23. The smallest absolute Gasteiger partial charge is 0.258 e. The largest absolute Gasteiger partial charge is 0.339 e. The Hall–Kier alpha value is -3.07. The summed E-state index contributed by atoms with van der Waals surface area (Å²) in [6, 6.07) is 19.1. The van der Waals surface area contributed by atoms with Crippen molar-refractivity contribution in [3.05, 3.63) is 66.9 Å². The molecule has 0 saturated carbocycles. The minimum absolute atomic E-state index is 0.0303. The second kappa shape index (κ2) is 8.22. The minimum atomic E-state index is -3.68. The molecule has 3 N–H and O–H groups in total. The molecule has 158 valence electrons. The molecule has 0 atom stereocenters. The Labute approximate surface area is 181 Å². The first-order valence-corrected chi connectivity index (χ1v) is 11.8. The maximum absolute atomic E-state index is 12.8. The number of hydrogen-bond acceptors (Lipinski definition) is 5. The third-order valence-electron chi connectivity index (χ3n) is 5.51. The first-order chi connectivity index (χ1) is 15.1. The van der Waals surface area contributed by atoms with Crippen LogP contribution in [0.4, 0.5) is 0 Å². The minimum Gasteiger partial charge on any atom is -0.339 e. The quantitative estimate of drug-likeness (QED) is 0.448. The summed E-state index contributed by atoms with van der Waals surface area (Å²) >= 11 is 0. The predicted octanol–water partition coefficient (Wildman–Crippen LogP) is 3.32. The Balaban J connectivity index is 1.45. The average Bonchev–Trinajstić information content (AvgIpc) is 3.24. The van der Waals surface area contributed by atoms with Crippen LogP contribution in [0.5, 0.6) is 0 Å². The van der Waals surface area contributed by atoms with Gasteiger partial charge < -0.3 is 10.3 Å².